The molecular weight excluding hydrogens is 173 g/mol. The number of rotatable bonds is 3. The summed E-state index contributed by atoms with van der Waals surface area (Å²) >= 11 is 0. The van der Waals surface area contributed by atoms with Gasteiger partial charge in [0.15, 0.2) is 0 Å². The van der Waals surface area contributed by atoms with Crippen molar-refractivity contribution < 1.29 is 32.7 Å². The summed E-state index contributed by atoms with van der Waals surface area (Å²) in [5.74, 6) is 0.750. The first-order chi connectivity index (χ1) is 3.35. The molecule has 0 saturated carbocycles. The van der Waals surface area contributed by atoms with Crippen molar-refractivity contribution in [2.75, 3.05) is 0 Å². The molecule has 0 aliphatic heterocycles. The Balaban J connectivity index is 0. The van der Waals surface area contributed by atoms with Crippen LogP contribution in [-0.2, 0) is 32.7 Å². The van der Waals surface area contributed by atoms with Gasteiger partial charge in [-0.15, -0.1) is 0 Å². The summed E-state index contributed by atoms with van der Waals surface area (Å²) in [7, 11) is 0. The normalized spacial score (nSPS) is 12.4. The van der Waals surface area contributed by atoms with E-state index >= 15 is 0 Å². The topological polar surface area (TPSA) is 0 Å². The maximum Gasteiger partial charge on any atom is 0 e. The molecule has 0 aromatic heterocycles. The number of hydrogen-bond acceptors (Lipinski definition) is 0. The van der Waals surface area contributed by atoms with Crippen LogP contribution in [0.4, 0.5) is 0 Å². The Labute approximate surface area is 78.3 Å². The predicted octanol–water partition coefficient (Wildman–Crippen LogP) is 2.46. The van der Waals surface area contributed by atoms with E-state index in [1.165, 1.54) is 6.42 Å². The molecule has 1 radical (unpaired) electrons. The van der Waals surface area contributed by atoms with Gasteiger partial charge in [-0.2, -0.15) is 12.8 Å². The summed E-state index contributed by atoms with van der Waals surface area (Å²) in [4.78, 5) is 0. The van der Waals surface area contributed by atoms with Crippen molar-refractivity contribution >= 4 is 0 Å². The second-order valence-electron chi connectivity index (χ2n) is 1.79. The maximum atomic E-state index is 3.80. The molecule has 0 heterocycles. The van der Waals surface area contributed by atoms with Gasteiger partial charge in [0.2, 0.25) is 0 Å². The van der Waals surface area contributed by atoms with Gasteiger partial charge >= 0.3 is 0 Å². The molecule has 0 rings (SSSR count). The number of hydrogen-bond donors (Lipinski definition) is 0. The van der Waals surface area contributed by atoms with Gasteiger partial charge in [0, 0.05) is 32.7 Å². The molecule has 0 aromatic carbocycles. The Morgan fingerprint density at radius 3 is 2.12 bits per heavy atom. The predicted molar refractivity (Wildman–Crippen MR) is 33.7 cm³/mol. The van der Waals surface area contributed by atoms with Crippen LogP contribution in [0, 0.1) is 19.3 Å². The van der Waals surface area contributed by atoms with Gasteiger partial charge in [0.05, 0.1) is 0 Å². The second kappa shape index (κ2) is 8.10. The molecule has 0 saturated heterocycles. The molecule has 1 heteroatoms. The maximum absolute atomic E-state index is 3.80. The van der Waals surface area contributed by atoms with Crippen LogP contribution >= 0.6 is 0 Å². The van der Waals surface area contributed by atoms with Crippen LogP contribution in [0.25, 0.3) is 0 Å². The van der Waals surface area contributed by atoms with Gasteiger partial charge < -0.3 is 13.3 Å². The Morgan fingerprint density at radius 1 is 1.62 bits per heavy atom. The first-order valence-corrected chi connectivity index (χ1v) is 2.93. The quantitative estimate of drug-likeness (QED) is 0.595. The van der Waals surface area contributed by atoms with Gasteiger partial charge in [-0.25, -0.2) is 6.42 Å². The first-order valence-electron chi connectivity index (χ1n) is 2.93. The van der Waals surface area contributed by atoms with Crippen LogP contribution in [0.3, 0.4) is 0 Å². The molecule has 0 N–H and O–H groups in total. The van der Waals surface area contributed by atoms with Gasteiger partial charge in [-0.3, -0.25) is 0 Å². The van der Waals surface area contributed by atoms with Crippen molar-refractivity contribution in [2.45, 2.75) is 26.7 Å². The fraction of sp³-hybridized carbons (Fsp3) is 0.714. The summed E-state index contributed by atoms with van der Waals surface area (Å²) in [5.41, 5.74) is 0. The van der Waals surface area contributed by atoms with Crippen molar-refractivity contribution in [1.82, 2.24) is 0 Å². The average Bonchev–Trinajstić information content (AvgIpc) is 1.72. The van der Waals surface area contributed by atoms with Crippen LogP contribution < -0.4 is 0 Å². The van der Waals surface area contributed by atoms with Crippen molar-refractivity contribution in [3.63, 3.8) is 0 Å². The molecule has 0 amide bonds. The zero-order valence-corrected chi connectivity index (χ0v) is 8.69. The fourth-order valence-electron chi connectivity index (χ4n) is 0.606. The molecule has 0 spiro atoms. The van der Waals surface area contributed by atoms with E-state index in [2.05, 4.69) is 27.2 Å². The Kier molecular flexibility index (Phi) is 12.0. The fourth-order valence-corrected chi connectivity index (χ4v) is 0.606. The SMILES string of the molecule is [CH2-]CC([CH-]C)CC.[Y]. The molecular formula is C7H14Y-2. The summed E-state index contributed by atoms with van der Waals surface area (Å²) in [6.07, 6.45) is 4.50. The molecule has 0 fully saturated rings. The van der Waals surface area contributed by atoms with Gasteiger partial charge in [-0.1, -0.05) is 13.3 Å². The van der Waals surface area contributed by atoms with Gasteiger partial charge in [0.1, 0.15) is 0 Å². The van der Waals surface area contributed by atoms with E-state index in [1.54, 1.807) is 0 Å². The minimum absolute atomic E-state index is 0. The summed E-state index contributed by atoms with van der Waals surface area (Å²) in [5, 5.41) is 0. The largest absolute Gasteiger partial charge is 0.345 e. The van der Waals surface area contributed by atoms with Crippen molar-refractivity contribution in [3.8, 4) is 0 Å². The van der Waals surface area contributed by atoms with Gasteiger partial charge in [0.25, 0.3) is 0 Å². The van der Waals surface area contributed by atoms with Crippen molar-refractivity contribution in [1.29, 1.82) is 0 Å². The van der Waals surface area contributed by atoms with E-state index in [1.807, 2.05) is 0 Å². The standard InChI is InChI=1S/C7H14.Y/c1-4-7(5-2)6-3;/h5,7H,1,4,6H2,2-3H3;/q-2;. The van der Waals surface area contributed by atoms with Crippen LogP contribution in [-0.4, -0.2) is 0 Å². The molecule has 1 unspecified atom stereocenters. The molecule has 0 aromatic rings. The molecule has 0 bridgehead atoms. The Hall–Kier alpha value is 1.10. The third-order valence-electron chi connectivity index (χ3n) is 1.37. The monoisotopic (exact) mass is 187 g/mol. The van der Waals surface area contributed by atoms with E-state index in [0.717, 1.165) is 12.3 Å². The Bertz CT molecular complexity index is 25.9. The smallest absolute Gasteiger partial charge is 0 e. The summed E-state index contributed by atoms with van der Waals surface area (Å²) < 4.78 is 0. The molecule has 1 atom stereocenters. The molecule has 0 nitrogen and oxygen atoms in total. The first kappa shape index (κ1) is 11.8. The summed E-state index contributed by atoms with van der Waals surface area (Å²) in [6, 6.07) is 0. The molecule has 0 aliphatic rings. The summed E-state index contributed by atoms with van der Waals surface area (Å²) in [6.45, 7) is 8.08. The van der Waals surface area contributed by atoms with Crippen molar-refractivity contribution in [2.24, 2.45) is 5.92 Å². The van der Waals surface area contributed by atoms with Crippen LogP contribution in [0.15, 0.2) is 0 Å². The third kappa shape index (κ3) is 5.24. The van der Waals surface area contributed by atoms with Crippen LogP contribution in [0.1, 0.15) is 26.7 Å². The minimum atomic E-state index is 0. The zero-order chi connectivity index (χ0) is 5.70. The minimum Gasteiger partial charge on any atom is -0.345 e. The van der Waals surface area contributed by atoms with Gasteiger partial charge in [-0.05, 0) is 0 Å². The Morgan fingerprint density at radius 2 is 2.12 bits per heavy atom. The van der Waals surface area contributed by atoms with Crippen LogP contribution in [0.2, 0.25) is 0 Å². The van der Waals surface area contributed by atoms with E-state index in [4.69, 9.17) is 0 Å². The molecule has 0 aliphatic carbocycles. The second-order valence-corrected chi connectivity index (χ2v) is 1.79. The van der Waals surface area contributed by atoms with E-state index in [-0.39, 0.29) is 32.7 Å². The third-order valence-corrected chi connectivity index (χ3v) is 1.37. The van der Waals surface area contributed by atoms with E-state index in [0.29, 0.717) is 0 Å². The zero-order valence-electron chi connectivity index (χ0n) is 5.85. The van der Waals surface area contributed by atoms with Crippen molar-refractivity contribution in [3.05, 3.63) is 13.3 Å². The van der Waals surface area contributed by atoms with E-state index in [9.17, 15) is 0 Å². The molecule has 8 heavy (non-hydrogen) atoms. The average molecular weight is 187 g/mol. The molecule has 47 valence electrons. The van der Waals surface area contributed by atoms with E-state index < -0.39 is 0 Å². The van der Waals surface area contributed by atoms with Crippen LogP contribution in [0.5, 0.6) is 0 Å².